The fourth-order valence-corrected chi connectivity index (χ4v) is 5.64. The van der Waals surface area contributed by atoms with E-state index in [1.807, 2.05) is 35.2 Å². The zero-order valence-electron chi connectivity index (χ0n) is 25.0. The van der Waals surface area contributed by atoms with Gasteiger partial charge >= 0.3 is 0 Å². The number of hydrogen-bond donors (Lipinski definition) is 3. The average molecular weight is 588 g/mol. The molecule has 0 spiro atoms. The van der Waals surface area contributed by atoms with E-state index in [0.717, 1.165) is 37.7 Å². The Balaban J connectivity index is 1.46. The Labute approximate surface area is 253 Å². The van der Waals surface area contributed by atoms with Crippen molar-refractivity contribution in [3.63, 3.8) is 0 Å². The lowest BCUT2D eigenvalue weighted by molar-refractivity contribution is -0.119. The van der Waals surface area contributed by atoms with Crippen LogP contribution in [0, 0.1) is 11.7 Å². The minimum atomic E-state index is -0.552. The second-order valence-electron chi connectivity index (χ2n) is 11.4. The minimum Gasteiger partial charge on any atom is -0.347 e. The van der Waals surface area contributed by atoms with Crippen LogP contribution in [0.4, 0.5) is 10.1 Å². The van der Waals surface area contributed by atoms with E-state index < -0.39 is 18.0 Å². The lowest BCUT2D eigenvalue weighted by Crippen LogP contribution is -2.50. The fraction of sp³-hybridized carbons (Fsp3) is 0.412. The third-order valence-corrected chi connectivity index (χ3v) is 8.07. The van der Waals surface area contributed by atoms with E-state index in [1.54, 1.807) is 19.1 Å². The number of carbonyl (C=O) groups excluding carboxylic acids is 3. The van der Waals surface area contributed by atoms with Crippen LogP contribution in [0.3, 0.4) is 0 Å². The predicted octanol–water partition coefficient (Wildman–Crippen LogP) is 5.35. The van der Waals surface area contributed by atoms with Crippen LogP contribution in [-0.2, 0) is 11.2 Å². The molecule has 0 aliphatic carbocycles. The first-order chi connectivity index (χ1) is 20.7. The number of benzene rings is 2. The summed E-state index contributed by atoms with van der Waals surface area (Å²) in [7, 11) is 0. The van der Waals surface area contributed by atoms with Crippen molar-refractivity contribution in [2.24, 2.45) is 11.7 Å². The van der Waals surface area contributed by atoms with E-state index in [0.29, 0.717) is 30.6 Å². The van der Waals surface area contributed by atoms with Gasteiger partial charge in [0.15, 0.2) is 0 Å². The van der Waals surface area contributed by atoms with Gasteiger partial charge in [0, 0.05) is 48.0 Å². The van der Waals surface area contributed by atoms with Gasteiger partial charge in [-0.05, 0) is 80.5 Å². The van der Waals surface area contributed by atoms with E-state index >= 15 is 0 Å². The quantitative estimate of drug-likeness (QED) is 0.264. The number of carbonyl (C=O) groups is 3. The van der Waals surface area contributed by atoms with Gasteiger partial charge in [-0.2, -0.15) is 0 Å². The second-order valence-corrected chi connectivity index (χ2v) is 11.4. The Morgan fingerprint density at radius 1 is 1.07 bits per heavy atom. The number of nitrogens with one attached hydrogen (secondary N) is 2. The molecule has 3 amide bonds. The highest BCUT2D eigenvalue weighted by molar-refractivity contribution is 5.98. The number of pyridine rings is 1. The average Bonchev–Trinajstić information content (AvgIpc) is 3.02. The number of piperidine rings is 1. The maximum atomic E-state index is 13.5. The molecule has 1 saturated heterocycles. The van der Waals surface area contributed by atoms with Gasteiger partial charge in [0.1, 0.15) is 11.5 Å². The topological polar surface area (TPSA) is 117 Å². The first-order valence-electron chi connectivity index (χ1n) is 15.2. The molecule has 4 atom stereocenters. The van der Waals surface area contributed by atoms with E-state index in [-0.39, 0.29) is 35.3 Å². The maximum absolute atomic E-state index is 13.5. The highest BCUT2D eigenvalue weighted by atomic mass is 19.1. The number of anilines is 1. The monoisotopic (exact) mass is 587 g/mol. The molecular formula is C34H42FN5O3. The van der Waals surface area contributed by atoms with E-state index in [9.17, 15) is 18.8 Å². The first kappa shape index (κ1) is 31.8. The van der Waals surface area contributed by atoms with E-state index in [1.165, 1.54) is 30.5 Å². The summed E-state index contributed by atoms with van der Waals surface area (Å²) < 4.78 is 13.3. The number of nitrogens with zero attached hydrogens (tertiary/aromatic N) is 2. The third kappa shape index (κ3) is 8.94. The summed E-state index contributed by atoms with van der Waals surface area (Å²) in [5, 5.41) is 5.86. The summed E-state index contributed by atoms with van der Waals surface area (Å²) >= 11 is 0. The molecule has 1 fully saturated rings. The molecule has 9 heteroatoms. The molecule has 8 nitrogen and oxygen atoms in total. The van der Waals surface area contributed by atoms with Crippen molar-refractivity contribution in [2.45, 2.75) is 76.9 Å². The van der Waals surface area contributed by atoms with Crippen molar-refractivity contribution in [3.8, 4) is 0 Å². The van der Waals surface area contributed by atoms with Gasteiger partial charge in [-0.15, -0.1) is 0 Å². The molecule has 4 N–H and O–H groups in total. The molecular weight excluding hydrogens is 545 g/mol. The lowest BCUT2D eigenvalue weighted by Gasteiger charge is -2.35. The fourth-order valence-electron chi connectivity index (χ4n) is 5.64. The van der Waals surface area contributed by atoms with E-state index in [2.05, 4.69) is 22.5 Å². The van der Waals surface area contributed by atoms with E-state index in [4.69, 9.17) is 5.73 Å². The van der Waals surface area contributed by atoms with Crippen LogP contribution in [0.1, 0.15) is 78.8 Å². The zero-order valence-corrected chi connectivity index (χ0v) is 25.0. The van der Waals surface area contributed by atoms with Crippen LogP contribution in [0.2, 0.25) is 0 Å². The van der Waals surface area contributed by atoms with Crippen molar-refractivity contribution >= 4 is 23.4 Å². The van der Waals surface area contributed by atoms with Crippen LogP contribution in [0.25, 0.3) is 0 Å². The SMILES string of the molecule is CCCC1CCCCN1C(=O)c1cc(C(=O)N[C@@H](Cc2ccccc2)[C@@H](N)C[C@@H](C)C(=O)Nc2ccc(F)cc2)ccn1. The number of rotatable bonds is 12. The third-order valence-electron chi connectivity index (χ3n) is 8.07. The Kier molecular flexibility index (Phi) is 11.4. The smallest absolute Gasteiger partial charge is 0.272 e. The molecule has 4 rings (SSSR count). The number of halogens is 1. The maximum Gasteiger partial charge on any atom is 0.272 e. The summed E-state index contributed by atoms with van der Waals surface area (Å²) in [5.74, 6) is -1.61. The Hall–Kier alpha value is -4.11. The normalized spacial score (nSPS) is 17.0. The van der Waals surface area contributed by atoms with Gasteiger partial charge in [0.25, 0.3) is 11.8 Å². The number of aromatic nitrogens is 1. The van der Waals surface area contributed by atoms with Crippen LogP contribution >= 0.6 is 0 Å². The van der Waals surface area contributed by atoms with Crippen molar-refractivity contribution in [2.75, 3.05) is 11.9 Å². The minimum absolute atomic E-state index is 0.147. The molecule has 0 saturated carbocycles. The van der Waals surface area contributed by atoms with Crippen LogP contribution in [0.15, 0.2) is 72.9 Å². The predicted molar refractivity (Wildman–Crippen MR) is 166 cm³/mol. The number of hydrogen-bond acceptors (Lipinski definition) is 5. The summed E-state index contributed by atoms with van der Waals surface area (Å²) in [6.45, 7) is 4.59. The molecule has 2 heterocycles. The Bertz CT molecular complexity index is 1370. The van der Waals surface area contributed by atoms with Crippen molar-refractivity contribution in [3.05, 3.63) is 95.6 Å². The summed E-state index contributed by atoms with van der Waals surface area (Å²) in [6.07, 6.45) is 7.27. The Morgan fingerprint density at radius 2 is 1.81 bits per heavy atom. The highest BCUT2D eigenvalue weighted by Gasteiger charge is 2.29. The molecule has 1 unspecified atom stereocenters. The van der Waals surface area contributed by atoms with Crippen molar-refractivity contribution in [1.29, 1.82) is 0 Å². The highest BCUT2D eigenvalue weighted by Crippen LogP contribution is 2.23. The summed E-state index contributed by atoms with van der Waals surface area (Å²) in [5.41, 5.74) is 8.71. The summed E-state index contributed by atoms with van der Waals surface area (Å²) in [6, 6.07) is 17.6. The van der Waals surface area contributed by atoms with Crippen LogP contribution < -0.4 is 16.4 Å². The molecule has 0 bridgehead atoms. The van der Waals surface area contributed by atoms with Gasteiger partial charge in [-0.3, -0.25) is 19.4 Å². The number of amides is 3. The zero-order chi connectivity index (χ0) is 30.8. The second kappa shape index (κ2) is 15.4. The van der Waals surface area contributed by atoms with Gasteiger partial charge < -0.3 is 21.3 Å². The largest absolute Gasteiger partial charge is 0.347 e. The Morgan fingerprint density at radius 3 is 2.53 bits per heavy atom. The van der Waals surface area contributed by atoms with Gasteiger partial charge in [-0.1, -0.05) is 50.6 Å². The van der Waals surface area contributed by atoms with Crippen molar-refractivity contribution in [1.82, 2.24) is 15.2 Å². The van der Waals surface area contributed by atoms with Crippen LogP contribution in [-0.4, -0.2) is 52.3 Å². The molecule has 3 aromatic rings. The van der Waals surface area contributed by atoms with Crippen molar-refractivity contribution < 1.29 is 18.8 Å². The van der Waals surface area contributed by atoms with Gasteiger partial charge in [-0.25, -0.2) is 4.39 Å². The molecule has 2 aromatic carbocycles. The first-order valence-corrected chi connectivity index (χ1v) is 15.2. The summed E-state index contributed by atoms with van der Waals surface area (Å²) in [4.78, 5) is 46.0. The van der Waals surface area contributed by atoms with Crippen LogP contribution in [0.5, 0.6) is 0 Å². The standard InChI is InChI=1S/C34H42FN5O3/c1-3-9-28-12-7-8-19-40(28)34(43)31-22-25(17-18-37-31)33(42)39-30(21-24-10-5-4-6-11-24)29(36)20-23(2)32(41)38-27-15-13-26(35)14-16-27/h4-6,10-11,13-18,22-23,28-30H,3,7-9,12,19-21,36H2,1-2H3,(H,38,41)(H,39,42)/t23-,28?,29+,30+/m1/s1. The lowest BCUT2D eigenvalue weighted by atomic mass is 9.92. The molecule has 1 aliphatic rings. The number of nitrogens with two attached hydrogens (primary N) is 1. The van der Waals surface area contributed by atoms with Gasteiger partial charge in [0.05, 0.1) is 0 Å². The molecule has 1 aliphatic heterocycles. The molecule has 0 radical (unpaired) electrons. The number of likely N-dealkylation sites (tertiary alicyclic amines) is 1. The molecule has 43 heavy (non-hydrogen) atoms. The molecule has 228 valence electrons. The van der Waals surface area contributed by atoms with Gasteiger partial charge in [0.2, 0.25) is 5.91 Å². The molecule has 1 aromatic heterocycles.